The Morgan fingerprint density at radius 3 is 2.56 bits per heavy atom. The molecule has 1 fully saturated rings. The summed E-state index contributed by atoms with van der Waals surface area (Å²) in [5, 5.41) is 9.12. The normalized spacial score (nSPS) is 18.3. The molecule has 1 aromatic rings. The first-order valence-electron chi connectivity index (χ1n) is 5.34. The van der Waals surface area contributed by atoms with Crippen molar-refractivity contribution in [2.24, 2.45) is 5.41 Å². The molecule has 0 radical (unpaired) electrons. The first kappa shape index (κ1) is 14.0. The van der Waals surface area contributed by atoms with Crippen LogP contribution in [0.3, 0.4) is 0 Å². The van der Waals surface area contributed by atoms with Crippen molar-refractivity contribution >= 4 is 43.3 Å². The summed E-state index contributed by atoms with van der Waals surface area (Å²) in [6, 6.07) is 3.14. The van der Waals surface area contributed by atoms with Gasteiger partial charge in [-0.05, 0) is 40.9 Å². The van der Waals surface area contributed by atoms with E-state index in [0.717, 1.165) is 21.5 Å². The van der Waals surface area contributed by atoms with Crippen molar-refractivity contribution in [2.75, 3.05) is 6.54 Å². The van der Waals surface area contributed by atoms with Crippen molar-refractivity contribution in [3.05, 3.63) is 15.9 Å². The molecule has 8 heteroatoms. The number of halogens is 1. The lowest BCUT2D eigenvalue weighted by Crippen LogP contribution is -2.47. The van der Waals surface area contributed by atoms with Crippen LogP contribution in [-0.4, -0.2) is 26.0 Å². The van der Waals surface area contributed by atoms with Gasteiger partial charge in [0.1, 0.15) is 4.21 Å². The van der Waals surface area contributed by atoms with Crippen LogP contribution in [0.2, 0.25) is 0 Å². The van der Waals surface area contributed by atoms with Crippen LogP contribution in [0.5, 0.6) is 0 Å². The van der Waals surface area contributed by atoms with E-state index in [1.165, 1.54) is 6.07 Å². The molecule has 5 nitrogen and oxygen atoms in total. The van der Waals surface area contributed by atoms with Gasteiger partial charge in [-0.15, -0.1) is 11.3 Å². The molecule has 1 aromatic heterocycles. The number of nitrogens with one attached hydrogen (secondary N) is 1. The van der Waals surface area contributed by atoms with Gasteiger partial charge in [0.25, 0.3) is 0 Å². The molecule has 1 aliphatic carbocycles. The lowest BCUT2D eigenvalue weighted by molar-refractivity contribution is -0.153. The van der Waals surface area contributed by atoms with Crippen LogP contribution in [0.4, 0.5) is 0 Å². The highest BCUT2D eigenvalue weighted by atomic mass is 79.9. The molecular formula is C10H12BrNO4S2. The zero-order chi connectivity index (χ0) is 13.4. The van der Waals surface area contributed by atoms with Crippen LogP contribution in [-0.2, 0) is 14.8 Å². The highest BCUT2D eigenvalue weighted by Crippen LogP contribution is 2.40. The van der Waals surface area contributed by atoms with Crippen molar-refractivity contribution in [1.82, 2.24) is 4.72 Å². The molecule has 1 aliphatic rings. The van der Waals surface area contributed by atoms with E-state index >= 15 is 0 Å². The SMILES string of the molecule is O=C(O)C1(CNS(=O)(=O)c2ccc(Br)s2)CCC1. The minimum atomic E-state index is -3.61. The summed E-state index contributed by atoms with van der Waals surface area (Å²) < 4.78 is 27.2. The van der Waals surface area contributed by atoms with E-state index in [0.29, 0.717) is 12.8 Å². The summed E-state index contributed by atoms with van der Waals surface area (Å²) >= 11 is 4.29. The molecule has 100 valence electrons. The Bertz CT molecular complexity index is 562. The number of aliphatic carboxylic acids is 1. The Kier molecular flexibility index (Phi) is 3.82. The predicted octanol–water partition coefficient (Wildman–Crippen LogP) is 2.04. The fraction of sp³-hybridized carbons (Fsp3) is 0.500. The van der Waals surface area contributed by atoms with Crippen LogP contribution in [0.15, 0.2) is 20.1 Å². The second-order valence-corrected chi connectivity index (χ2v) is 8.78. The molecule has 2 N–H and O–H groups in total. The minimum absolute atomic E-state index is 0.0415. The summed E-state index contributed by atoms with van der Waals surface area (Å²) in [7, 11) is -3.61. The average Bonchev–Trinajstić information content (AvgIpc) is 2.63. The molecule has 0 saturated heterocycles. The van der Waals surface area contributed by atoms with E-state index < -0.39 is 21.4 Å². The highest BCUT2D eigenvalue weighted by molar-refractivity contribution is 9.11. The Morgan fingerprint density at radius 2 is 2.17 bits per heavy atom. The van der Waals surface area contributed by atoms with Crippen LogP contribution in [0, 0.1) is 5.41 Å². The number of sulfonamides is 1. The van der Waals surface area contributed by atoms with E-state index in [-0.39, 0.29) is 10.8 Å². The smallest absolute Gasteiger partial charge is 0.310 e. The van der Waals surface area contributed by atoms with Crippen molar-refractivity contribution in [1.29, 1.82) is 0 Å². The van der Waals surface area contributed by atoms with E-state index in [4.69, 9.17) is 5.11 Å². The molecular weight excluding hydrogens is 342 g/mol. The van der Waals surface area contributed by atoms with E-state index in [2.05, 4.69) is 20.7 Å². The number of hydrogen-bond donors (Lipinski definition) is 2. The third kappa shape index (κ3) is 2.61. The maximum absolute atomic E-state index is 11.9. The van der Waals surface area contributed by atoms with Crippen molar-refractivity contribution in [2.45, 2.75) is 23.5 Å². The van der Waals surface area contributed by atoms with Gasteiger partial charge in [0, 0.05) is 6.54 Å². The molecule has 1 heterocycles. The second kappa shape index (κ2) is 4.92. The Labute approximate surface area is 117 Å². The standard InChI is InChI=1S/C10H12BrNO4S2/c11-7-2-3-8(17-7)18(15,16)12-6-10(9(13)14)4-1-5-10/h2-3,12H,1,4-6H2,(H,13,14). The van der Waals surface area contributed by atoms with Crippen LogP contribution < -0.4 is 4.72 Å². The molecule has 0 atom stereocenters. The number of carboxylic acids is 1. The van der Waals surface area contributed by atoms with Crippen LogP contribution in [0.1, 0.15) is 19.3 Å². The first-order valence-corrected chi connectivity index (χ1v) is 8.43. The summed E-state index contributed by atoms with van der Waals surface area (Å²) in [6.07, 6.45) is 1.89. The van der Waals surface area contributed by atoms with Gasteiger partial charge in [-0.2, -0.15) is 0 Å². The summed E-state index contributed by atoms with van der Waals surface area (Å²) in [6.45, 7) is -0.0415. The maximum Gasteiger partial charge on any atom is 0.310 e. The Hall–Kier alpha value is -0.440. The van der Waals surface area contributed by atoms with Gasteiger partial charge >= 0.3 is 5.97 Å². The van der Waals surface area contributed by atoms with Crippen LogP contribution in [0.25, 0.3) is 0 Å². The van der Waals surface area contributed by atoms with Crippen molar-refractivity contribution < 1.29 is 18.3 Å². The van der Waals surface area contributed by atoms with Gasteiger partial charge < -0.3 is 5.11 Å². The van der Waals surface area contributed by atoms with Crippen molar-refractivity contribution in [3.8, 4) is 0 Å². The fourth-order valence-corrected chi connectivity index (χ4v) is 5.00. The fourth-order valence-electron chi connectivity index (χ4n) is 1.82. The topological polar surface area (TPSA) is 83.5 Å². The van der Waals surface area contributed by atoms with Gasteiger partial charge in [-0.3, -0.25) is 4.79 Å². The molecule has 1 saturated carbocycles. The number of thiophene rings is 1. The number of carbonyl (C=O) groups is 1. The summed E-state index contributed by atoms with van der Waals surface area (Å²) in [5.74, 6) is -0.927. The number of carboxylic acid groups (broad SMARTS) is 1. The predicted molar refractivity (Wildman–Crippen MR) is 71.1 cm³/mol. The minimum Gasteiger partial charge on any atom is -0.481 e. The molecule has 0 aliphatic heterocycles. The largest absolute Gasteiger partial charge is 0.481 e. The van der Waals surface area contributed by atoms with Gasteiger partial charge in [0.15, 0.2) is 0 Å². The lowest BCUT2D eigenvalue weighted by atomic mass is 9.69. The Morgan fingerprint density at radius 1 is 1.50 bits per heavy atom. The van der Waals surface area contributed by atoms with E-state index in [1.54, 1.807) is 6.07 Å². The third-order valence-corrected chi connectivity index (χ3v) is 6.70. The quantitative estimate of drug-likeness (QED) is 0.848. The van der Waals surface area contributed by atoms with Crippen LogP contribution >= 0.6 is 27.3 Å². The number of rotatable bonds is 5. The molecule has 0 aromatic carbocycles. The zero-order valence-corrected chi connectivity index (χ0v) is 12.6. The first-order chi connectivity index (χ1) is 8.36. The van der Waals surface area contributed by atoms with Gasteiger partial charge in [0.2, 0.25) is 10.0 Å². The Balaban J connectivity index is 2.08. The third-order valence-electron chi connectivity index (χ3n) is 3.18. The average molecular weight is 354 g/mol. The zero-order valence-electron chi connectivity index (χ0n) is 9.35. The monoisotopic (exact) mass is 353 g/mol. The summed E-state index contributed by atoms with van der Waals surface area (Å²) in [5.41, 5.74) is -0.915. The van der Waals surface area contributed by atoms with E-state index in [1.807, 2.05) is 0 Å². The highest BCUT2D eigenvalue weighted by Gasteiger charge is 2.45. The molecule has 0 amide bonds. The molecule has 2 rings (SSSR count). The summed E-state index contributed by atoms with van der Waals surface area (Å²) in [4.78, 5) is 11.1. The second-order valence-electron chi connectivity index (χ2n) is 4.32. The molecule has 0 bridgehead atoms. The lowest BCUT2D eigenvalue weighted by Gasteiger charge is -2.37. The van der Waals surface area contributed by atoms with Gasteiger partial charge in [-0.25, -0.2) is 13.1 Å². The van der Waals surface area contributed by atoms with Gasteiger partial charge in [-0.1, -0.05) is 6.42 Å². The number of hydrogen-bond acceptors (Lipinski definition) is 4. The maximum atomic E-state index is 11.9. The molecule has 0 unspecified atom stereocenters. The van der Waals surface area contributed by atoms with E-state index in [9.17, 15) is 13.2 Å². The molecule has 18 heavy (non-hydrogen) atoms. The molecule has 0 spiro atoms. The van der Waals surface area contributed by atoms with Gasteiger partial charge in [0.05, 0.1) is 9.20 Å². The van der Waals surface area contributed by atoms with Crippen molar-refractivity contribution in [3.63, 3.8) is 0 Å².